The van der Waals surface area contributed by atoms with Gasteiger partial charge in [-0.25, -0.2) is 4.39 Å². The second kappa shape index (κ2) is 6.03. The fourth-order valence-corrected chi connectivity index (χ4v) is 4.22. The van der Waals surface area contributed by atoms with E-state index in [1.807, 2.05) is 18.2 Å². The van der Waals surface area contributed by atoms with Gasteiger partial charge in [-0.05, 0) is 23.8 Å². The number of ether oxygens (including phenoxy) is 1. The molecular formula is C19H19ClFNO2. The van der Waals surface area contributed by atoms with Crippen molar-refractivity contribution in [2.45, 2.75) is 12.5 Å². The van der Waals surface area contributed by atoms with Crippen LogP contribution in [0.1, 0.15) is 17.0 Å². The molecule has 2 atom stereocenters. The summed E-state index contributed by atoms with van der Waals surface area (Å²) in [6, 6.07) is 12.7. The van der Waals surface area contributed by atoms with Crippen LogP contribution < -0.4 is 4.74 Å². The molecule has 0 saturated carbocycles. The predicted molar refractivity (Wildman–Crippen MR) is 90.9 cm³/mol. The predicted octanol–water partition coefficient (Wildman–Crippen LogP) is 3.45. The van der Waals surface area contributed by atoms with Crippen molar-refractivity contribution in [3.8, 4) is 5.75 Å². The van der Waals surface area contributed by atoms with Crippen LogP contribution in [0, 0.1) is 11.2 Å². The molecule has 3 nitrogen and oxygen atoms in total. The summed E-state index contributed by atoms with van der Waals surface area (Å²) in [6.07, 6.45) is 0. The van der Waals surface area contributed by atoms with Gasteiger partial charge in [-0.2, -0.15) is 0 Å². The normalized spacial score (nSPS) is 25.9. The van der Waals surface area contributed by atoms with Crippen LogP contribution >= 0.6 is 11.6 Å². The molecule has 5 heteroatoms. The van der Waals surface area contributed by atoms with Crippen molar-refractivity contribution >= 4 is 11.6 Å². The molecule has 126 valence electrons. The molecule has 1 saturated heterocycles. The molecule has 2 aliphatic heterocycles. The average molecular weight is 348 g/mol. The molecule has 0 spiro atoms. The number of nitrogens with zero attached hydrogens (tertiary/aromatic N) is 1. The number of likely N-dealkylation sites (tertiary alicyclic amines) is 1. The van der Waals surface area contributed by atoms with Crippen LogP contribution in [0.2, 0.25) is 5.02 Å². The van der Waals surface area contributed by atoms with Gasteiger partial charge >= 0.3 is 0 Å². The smallest absolute Gasteiger partial charge is 0.129 e. The summed E-state index contributed by atoms with van der Waals surface area (Å²) >= 11 is 6.17. The Morgan fingerprint density at radius 3 is 2.88 bits per heavy atom. The Morgan fingerprint density at radius 2 is 2.08 bits per heavy atom. The highest BCUT2D eigenvalue weighted by atomic mass is 35.5. The summed E-state index contributed by atoms with van der Waals surface area (Å²) in [5.41, 5.74) is 1.30. The van der Waals surface area contributed by atoms with E-state index < -0.39 is 0 Å². The lowest BCUT2D eigenvalue weighted by Gasteiger charge is -2.38. The Kier molecular flexibility index (Phi) is 3.99. The van der Waals surface area contributed by atoms with E-state index >= 15 is 0 Å². The molecule has 0 radical (unpaired) electrons. The molecule has 2 aromatic carbocycles. The van der Waals surface area contributed by atoms with Crippen molar-refractivity contribution in [1.29, 1.82) is 0 Å². The highest BCUT2D eigenvalue weighted by Gasteiger charge is 2.50. The molecule has 0 unspecified atom stereocenters. The van der Waals surface area contributed by atoms with Crippen molar-refractivity contribution in [3.05, 3.63) is 64.4 Å². The maximum absolute atomic E-state index is 14.1. The summed E-state index contributed by atoms with van der Waals surface area (Å²) < 4.78 is 20.0. The van der Waals surface area contributed by atoms with Gasteiger partial charge in [0.1, 0.15) is 11.6 Å². The van der Waals surface area contributed by atoms with E-state index in [-0.39, 0.29) is 23.8 Å². The monoisotopic (exact) mass is 347 g/mol. The minimum atomic E-state index is -0.341. The summed E-state index contributed by atoms with van der Waals surface area (Å²) in [6.45, 7) is 2.38. The molecule has 1 fully saturated rings. The molecule has 2 aromatic rings. The van der Waals surface area contributed by atoms with E-state index in [0.29, 0.717) is 30.3 Å². The minimum Gasteiger partial charge on any atom is -0.493 e. The quantitative estimate of drug-likeness (QED) is 0.923. The molecule has 2 aliphatic rings. The van der Waals surface area contributed by atoms with E-state index in [1.54, 1.807) is 12.1 Å². The van der Waals surface area contributed by atoms with Gasteiger partial charge in [-0.1, -0.05) is 35.9 Å². The third-order valence-corrected chi connectivity index (χ3v) is 5.64. The average Bonchev–Trinajstić information content (AvgIpc) is 2.98. The largest absolute Gasteiger partial charge is 0.493 e. The van der Waals surface area contributed by atoms with Crippen molar-refractivity contribution in [3.63, 3.8) is 0 Å². The van der Waals surface area contributed by atoms with Crippen LogP contribution in [0.4, 0.5) is 4.39 Å². The molecular weight excluding hydrogens is 329 g/mol. The summed E-state index contributed by atoms with van der Waals surface area (Å²) in [7, 11) is 0. The topological polar surface area (TPSA) is 32.7 Å². The third-order valence-electron chi connectivity index (χ3n) is 5.29. The highest BCUT2D eigenvalue weighted by Crippen LogP contribution is 2.49. The zero-order valence-electron chi connectivity index (χ0n) is 13.2. The first-order chi connectivity index (χ1) is 11.6. The number of para-hydroxylation sites is 1. The number of aliphatic hydroxyl groups is 1. The number of hydrogen-bond acceptors (Lipinski definition) is 3. The van der Waals surface area contributed by atoms with E-state index in [2.05, 4.69) is 11.0 Å². The Balaban J connectivity index is 1.64. The summed E-state index contributed by atoms with van der Waals surface area (Å²) in [4.78, 5) is 2.16. The molecule has 1 N–H and O–H groups in total. The van der Waals surface area contributed by atoms with Crippen LogP contribution in [-0.4, -0.2) is 36.3 Å². The number of benzene rings is 2. The Bertz CT molecular complexity index is 749. The Morgan fingerprint density at radius 1 is 1.25 bits per heavy atom. The Labute approximate surface area is 145 Å². The lowest BCUT2D eigenvalue weighted by atomic mass is 9.74. The first-order valence-electron chi connectivity index (χ1n) is 8.11. The summed E-state index contributed by atoms with van der Waals surface area (Å²) in [5.74, 6) is 0.780. The van der Waals surface area contributed by atoms with Gasteiger partial charge in [0.15, 0.2) is 0 Å². The van der Waals surface area contributed by atoms with Gasteiger partial charge in [0.05, 0.1) is 13.2 Å². The van der Waals surface area contributed by atoms with Crippen molar-refractivity contribution in [2.75, 3.05) is 26.3 Å². The van der Waals surface area contributed by atoms with E-state index in [0.717, 1.165) is 17.9 Å². The zero-order valence-corrected chi connectivity index (χ0v) is 14.0. The number of rotatable bonds is 3. The van der Waals surface area contributed by atoms with E-state index in [1.165, 1.54) is 6.07 Å². The highest BCUT2D eigenvalue weighted by molar-refractivity contribution is 6.31. The zero-order chi connectivity index (χ0) is 16.7. The van der Waals surface area contributed by atoms with Crippen molar-refractivity contribution in [2.24, 2.45) is 5.41 Å². The molecule has 24 heavy (non-hydrogen) atoms. The standard InChI is InChI=1S/C19H19ClFNO2/c20-16-5-3-6-17(21)14(16)8-22-9-15-13-4-1-2-7-18(13)24-12-19(15,10-22)11-23/h1-7,15,23H,8-12H2/t15-,19-/m0/s1. The molecule has 2 heterocycles. The number of fused-ring (bicyclic) bond motifs is 3. The molecule has 0 aromatic heterocycles. The molecule has 4 rings (SSSR count). The van der Waals surface area contributed by atoms with Gasteiger partial charge < -0.3 is 9.84 Å². The van der Waals surface area contributed by atoms with Gasteiger partial charge in [0, 0.05) is 41.6 Å². The number of aliphatic hydroxyl groups excluding tert-OH is 1. The SMILES string of the molecule is OC[C@@]12COc3ccccc3[C@@H]1CN(Cc1c(F)cccc1Cl)C2. The van der Waals surface area contributed by atoms with Crippen LogP contribution in [0.25, 0.3) is 0 Å². The maximum Gasteiger partial charge on any atom is 0.129 e. The lowest BCUT2D eigenvalue weighted by Crippen LogP contribution is -2.42. The second-order valence-corrected chi connectivity index (χ2v) is 7.18. The molecule has 0 amide bonds. The third kappa shape index (κ3) is 2.50. The van der Waals surface area contributed by atoms with E-state index in [9.17, 15) is 9.50 Å². The van der Waals surface area contributed by atoms with Crippen LogP contribution in [0.15, 0.2) is 42.5 Å². The summed E-state index contributed by atoms with van der Waals surface area (Å²) in [5, 5.41) is 10.5. The van der Waals surface area contributed by atoms with Gasteiger partial charge in [0.25, 0.3) is 0 Å². The van der Waals surface area contributed by atoms with E-state index in [4.69, 9.17) is 16.3 Å². The minimum absolute atomic E-state index is 0.0491. The number of halogens is 2. The van der Waals surface area contributed by atoms with Gasteiger partial charge in [0.2, 0.25) is 0 Å². The second-order valence-electron chi connectivity index (χ2n) is 6.77. The first-order valence-corrected chi connectivity index (χ1v) is 8.48. The molecule has 0 aliphatic carbocycles. The number of hydrogen-bond donors (Lipinski definition) is 1. The van der Waals surface area contributed by atoms with Crippen LogP contribution in [0.3, 0.4) is 0 Å². The first kappa shape index (κ1) is 15.9. The van der Waals surface area contributed by atoms with Crippen LogP contribution in [-0.2, 0) is 6.54 Å². The lowest BCUT2D eigenvalue weighted by molar-refractivity contribution is 0.0457. The Hall–Kier alpha value is -1.62. The van der Waals surface area contributed by atoms with Gasteiger partial charge in [-0.3, -0.25) is 4.90 Å². The van der Waals surface area contributed by atoms with Crippen molar-refractivity contribution < 1.29 is 14.2 Å². The fraction of sp³-hybridized carbons (Fsp3) is 0.368. The van der Waals surface area contributed by atoms with Crippen LogP contribution in [0.5, 0.6) is 5.75 Å². The van der Waals surface area contributed by atoms with Crippen molar-refractivity contribution in [1.82, 2.24) is 4.90 Å². The van der Waals surface area contributed by atoms with Gasteiger partial charge in [-0.15, -0.1) is 0 Å². The maximum atomic E-state index is 14.1. The molecule has 0 bridgehead atoms. The fourth-order valence-electron chi connectivity index (χ4n) is 4.00.